The molecule has 0 aromatic rings. The summed E-state index contributed by atoms with van der Waals surface area (Å²) in [6.07, 6.45) is 1.35. The Bertz CT molecular complexity index is 980. The highest BCUT2D eigenvalue weighted by Gasteiger charge is 2.73. The summed E-state index contributed by atoms with van der Waals surface area (Å²) in [4.78, 5) is 37.4. The number of halogens is 2. The molecule has 5 nitrogen and oxygen atoms in total. The number of carbonyl (C=O) groups is 3. The summed E-state index contributed by atoms with van der Waals surface area (Å²) >= 11 is 0. The van der Waals surface area contributed by atoms with Crippen LogP contribution in [0.1, 0.15) is 60.8 Å². The Morgan fingerprint density at radius 2 is 1.85 bits per heavy atom. The van der Waals surface area contributed by atoms with Gasteiger partial charge in [0, 0.05) is 17.3 Å². The second-order valence-corrected chi connectivity index (χ2v) is 12.4. The molecule has 34 heavy (non-hydrogen) atoms. The van der Waals surface area contributed by atoms with Crippen molar-refractivity contribution in [3.8, 4) is 0 Å². The molecular formula is C27H36F2O5. The first-order chi connectivity index (χ1) is 15.6. The molecule has 0 radical (unpaired) electrons. The number of aliphatic hydroxyl groups excluding tert-OH is 1. The van der Waals surface area contributed by atoms with Crippen molar-refractivity contribution in [1.29, 1.82) is 0 Å². The standard InChI is InChI=1S/C27H36F2O5/c1-14-9-16-17-11-19(28)18-10-15(30)7-8-26(18,6)27(17,29)21(32)12-25(16,5)22(14)20(31)13-34-23(33)24(2,3)4/h7-8,10,14,16-17,19,21-22,32H,9,11-13H2,1-6H3/t14-,16+,17+,19+,21+,22-,25-,26+,27+/m1/s1. The second-order valence-electron chi connectivity index (χ2n) is 12.4. The zero-order valence-electron chi connectivity index (χ0n) is 20.9. The molecule has 0 spiro atoms. The van der Waals surface area contributed by atoms with Gasteiger partial charge in [-0.2, -0.15) is 0 Å². The molecule has 0 saturated heterocycles. The number of rotatable bonds is 3. The molecule has 4 aliphatic rings. The van der Waals surface area contributed by atoms with Crippen LogP contribution >= 0.6 is 0 Å². The number of Topliss-reactive ketones (excluding diaryl/α,β-unsaturated/α-hetero) is 1. The number of carbonyl (C=O) groups excluding carboxylic acids is 3. The van der Waals surface area contributed by atoms with Crippen LogP contribution in [0.3, 0.4) is 0 Å². The second kappa shape index (κ2) is 7.81. The van der Waals surface area contributed by atoms with E-state index in [9.17, 15) is 19.5 Å². The van der Waals surface area contributed by atoms with Gasteiger partial charge in [-0.15, -0.1) is 0 Å². The maximum atomic E-state index is 17.1. The third-order valence-electron chi connectivity index (χ3n) is 9.27. The van der Waals surface area contributed by atoms with Gasteiger partial charge in [0.25, 0.3) is 0 Å². The average molecular weight is 479 g/mol. The van der Waals surface area contributed by atoms with Gasteiger partial charge in [-0.05, 0) is 81.9 Å². The first kappa shape index (κ1) is 25.2. The van der Waals surface area contributed by atoms with Gasteiger partial charge in [0.1, 0.15) is 12.8 Å². The number of fused-ring (bicyclic) bond motifs is 5. The van der Waals surface area contributed by atoms with E-state index in [2.05, 4.69) is 0 Å². The van der Waals surface area contributed by atoms with E-state index in [1.54, 1.807) is 27.7 Å². The summed E-state index contributed by atoms with van der Waals surface area (Å²) in [6.45, 7) is 10.1. The Morgan fingerprint density at radius 1 is 1.21 bits per heavy atom. The van der Waals surface area contributed by atoms with Crippen LogP contribution in [0.15, 0.2) is 23.8 Å². The predicted molar refractivity (Wildman–Crippen MR) is 122 cm³/mol. The van der Waals surface area contributed by atoms with E-state index in [1.807, 2.05) is 13.8 Å². The van der Waals surface area contributed by atoms with Crippen molar-refractivity contribution in [2.75, 3.05) is 6.61 Å². The fourth-order valence-electron chi connectivity index (χ4n) is 7.70. The van der Waals surface area contributed by atoms with Gasteiger partial charge in [-0.25, -0.2) is 8.78 Å². The van der Waals surface area contributed by atoms with E-state index in [1.165, 1.54) is 18.2 Å². The summed E-state index contributed by atoms with van der Waals surface area (Å²) in [6, 6.07) is 0. The van der Waals surface area contributed by atoms with Crippen LogP contribution in [0.2, 0.25) is 0 Å². The van der Waals surface area contributed by atoms with Crippen molar-refractivity contribution in [2.45, 2.75) is 78.7 Å². The molecule has 0 bridgehead atoms. The minimum Gasteiger partial charge on any atom is -0.457 e. The van der Waals surface area contributed by atoms with Gasteiger partial charge in [0.15, 0.2) is 17.2 Å². The zero-order chi connectivity index (χ0) is 25.4. The average Bonchev–Trinajstić information content (AvgIpc) is 2.99. The van der Waals surface area contributed by atoms with E-state index >= 15 is 8.78 Å². The number of allylic oxidation sites excluding steroid dienone is 4. The maximum absolute atomic E-state index is 17.1. The summed E-state index contributed by atoms with van der Waals surface area (Å²) in [5, 5.41) is 11.3. The van der Waals surface area contributed by atoms with E-state index in [4.69, 9.17) is 4.74 Å². The summed E-state index contributed by atoms with van der Waals surface area (Å²) in [5.41, 5.74) is -4.99. The lowest BCUT2D eigenvalue weighted by molar-refractivity contribution is -0.202. The summed E-state index contributed by atoms with van der Waals surface area (Å²) in [5.74, 6) is -2.89. The molecule has 4 rings (SSSR count). The van der Waals surface area contributed by atoms with Crippen LogP contribution in [0.5, 0.6) is 0 Å². The molecule has 7 heteroatoms. The molecular weight excluding hydrogens is 442 g/mol. The lowest BCUT2D eigenvalue weighted by atomic mass is 9.45. The van der Waals surface area contributed by atoms with Crippen LogP contribution in [0.25, 0.3) is 0 Å². The molecule has 0 amide bonds. The lowest BCUT2D eigenvalue weighted by Gasteiger charge is -2.62. The molecule has 1 N–H and O–H groups in total. The Kier molecular flexibility index (Phi) is 5.79. The molecule has 9 atom stereocenters. The van der Waals surface area contributed by atoms with Crippen LogP contribution < -0.4 is 0 Å². The fraction of sp³-hybridized carbons (Fsp3) is 0.741. The minimum atomic E-state index is -2.15. The molecule has 188 valence electrons. The van der Waals surface area contributed by atoms with Gasteiger partial charge in [-0.1, -0.05) is 19.9 Å². The van der Waals surface area contributed by atoms with Gasteiger partial charge < -0.3 is 9.84 Å². The maximum Gasteiger partial charge on any atom is 0.311 e. The Morgan fingerprint density at radius 3 is 2.47 bits per heavy atom. The number of alkyl halides is 2. The topological polar surface area (TPSA) is 80.7 Å². The Labute approximate surface area is 200 Å². The predicted octanol–water partition coefficient (Wildman–Crippen LogP) is 4.33. The molecule has 0 aromatic heterocycles. The molecule has 3 fully saturated rings. The highest BCUT2D eigenvalue weighted by atomic mass is 19.1. The summed E-state index contributed by atoms with van der Waals surface area (Å²) in [7, 11) is 0. The van der Waals surface area contributed by atoms with Crippen molar-refractivity contribution in [2.24, 2.45) is 39.9 Å². The van der Waals surface area contributed by atoms with Crippen LogP contribution in [0.4, 0.5) is 8.78 Å². The number of hydrogen-bond donors (Lipinski definition) is 1. The van der Waals surface area contributed by atoms with Crippen molar-refractivity contribution in [1.82, 2.24) is 0 Å². The number of hydrogen-bond acceptors (Lipinski definition) is 5. The zero-order valence-corrected chi connectivity index (χ0v) is 20.9. The smallest absolute Gasteiger partial charge is 0.311 e. The minimum absolute atomic E-state index is 0.0419. The highest BCUT2D eigenvalue weighted by Crippen LogP contribution is 2.70. The van der Waals surface area contributed by atoms with E-state index in [0.29, 0.717) is 6.42 Å². The highest BCUT2D eigenvalue weighted by molar-refractivity contribution is 6.01. The molecule has 0 aromatic carbocycles. The molecule has 4 aliphatic carbocycles. The quantitative estimate of drug-likeness (QED) is 0.611. The lowest BCUT2D eigenvalue weighted by Crippen LogP contribution is -2.68. The van der Waals surface area contributed by atoms with E-state index in [-0.39, 0.29) is 48.4 Å². The number of esters is 1. The van der Waals surface area contributed by atoms with Gasteiger partial charge in [0.05, 0.1) is 11.5 Å². The van der Waals surface area contributed by atoms with E-state index < -0.39 is 52.0 Å². The number of ether oxygens (including phenoxy) is 1. The molecule has 0 aliphatic heterocycles. The largest absolute Gasteiger partial charge is 0.457 e. The van der Waals surface area contributed by atoms with Crippen LogP contribution in [0, 0.1) is 39.9 Å². The molecule has 0 unspecified atom stereocenters. The van der Waals surface area contributed by atoms with Crippen LogP contribution in [-0.2, 0) is 19.1 Å². The Hall–Kier alpha value is -1.89. The van der Waals surface area contributed by atoms with Gasteiger partial charge in [-0.3, -0.25) is 14.4 Å². The Balaban J connectivity index is 1.67. The first-order valence-electron chi connectivity index (χ1n) is 12.2. The van der Waals surface area contributed by atoms with Gasteiger partial charge >= 0.3 is 5.97 Å². The first-order valence-corrected chi connectivity index (χ1v) is 12.2. The van der Waals surface area contributed by atoms with Gasteiger partial charge in [0.2, 0.25) is 0 Å². The third kappa shape index (κ3) is 3.36. The van der Waals surface area contributed by atoms with E-state index in [0.717, 1.165) is 0 Å². The van der Waals surface area contributed by atoms with Crippen molar-refractivity contribution >= 4 is 17.5 Å². The van der Waals surface area contributed by atoms with Crippen molar-refractivity contribution in [3.05, 3.63) is 23.8 Å². The number of ketones is 2. The number of aliphatic hydroxyl groups is 1. The van der Waals surface area contributed by atoms with Crippen molar-refractivity contribution in [3.63, 3.8) is 0 Å². The molecule has 0 heterocycles. The third-order valence-corrected chi connectivity index (χ3v) is 9.27. The normalized spacial score (nSPS) is 45.7. The SMILES string of the molecule is C[C@@H]1C[C@H]2[C@@H]3C[C@H](F)C4=CC(=O)C=C[C@]4(C)[C@@]3(F)[C@@H](O)C[C@@]2(C)[C@H]1C(=O)COC(=O)C(C)(C)C. The van der Waals surface area contributed by atoms with Crippen LogP contribution in [-0.4, -0.2) is 47.2 Å². The van der Waals surface area contributed by atoms with Crippen molar-refractivity contribution < 1.29 is 33.0 Å². The summed E-state index contributed by atoms with van der Waals surface area (Å²) < 4.78 is 37.8. The fourth-order valence-corrected chi connectivity index (χ4v) is 7.70. The monoisotopic (exact) mass is 478 g/mol. The molecule has 3 saturated carbocycles.